The number of hydrogen-bond donors (Lipinski definition) is 2. The van der Waals surface area contributed by atoms with E-state index in [0.717, 1.165) is 5.56 Å². The van der Waals surface area contributed by atoms with Gasteiger partial charge in [0.2, 0.25) is 5.95 Å². The monoisotopic (exact) mass is 300 g/mol. The van der Waals surface area contributed by atoms with Crippen LogP contribution in [0.2, 0.25) is 0 Å². The van der Waals surface area contributed by atoms with E-state index in [2.05, 4.69) is 15.0 Å². The van der Waals surface area contributed by atoms with Crippen LogP contribution in [0.3, 0.4) is 0 Å². The van der Waals surface area contributed by atoms with Gasteiger partial charge in [0.1, 0.15) is 12.0 Å². The SMILES string of the molecule is CC(F)Cn1c(Cc2ccccc2)nc2c(N)nc(N)nc21. The Balaban J connectivity index is 2.13. The number of rotatable bonds is 4. The van der Waals surface area contributed by atoms with Gasteiger partial charge in [0.05, 0.1) is 6.54 Å². The Morgan fingerprint density at radius 1 is 1.14 bits per heavy atom. The molecule has 22 heavy (non-hydrogen) atoms. The number of nitrogens with two attached hydrogens (primary N) is 2. The Morgan fingerprint density at radius 3 is 2.55 bits per heavy atom. The zero-order valence-electron chi connectivity index (χ0n) is 12.2. The van der Waals surface area contributed by atoms with Gasteiger partial charge in [-0.1, -0.05) is 30.3 Å². The largest absolute Gasteiger partial charge is 0.382 e. The summed E-state index contributed by atoms with van der Waals surface area (Å²) in [4.78, 5) is 12.6. The first-order chi connectivity index (χ1) is 10.5. The zero-order valence-corrected chi connectivity index (χ0v) is 12.2. The van der Waals surface area contributed by atoms with Crippen molar-refractivity contribution in [3.8, 4) is 0 Å². The molecule has 2 aromatic heterocycles. The van der Waals surface area contributed by atoms with Gasteiger partial charge < -0.3 is 16.0 Å². The minimum absolute atomic E-state index is 0.0592. The van der Waals surface area contributed by atoms with Gasteiger partial charge in [0, 0.05) is 6.42 Å². The second-order valence-electron chi connectivity index (χ2n) is 5.22. The third-order valence-corrected chi connectivity index (χ3v) is 3.36. The minimum atomic E-state index is -1.04. The lowest BCUT2D eigenvalue weighted by Gasteiger charge is -2.09. The Kier molecular flexibility index (Phi) is 3.62. The topological polar surface area (TPSA) is 95.6 Å². The van der Waals surface area contributed by atoms with Gasteiger partial charge in [-0.25, -0.2) is 9.37 Å². The third kappa shape index (κ3) is 2.69. The maximum absolute atomic E-state index is 13.6. The maximum Gasteiger partial charge on any atom is 0.224 e. The molecule has 2 heterocycles. The number of fused-ring (bicyclic) bond motifs is 1. The molecule has 0 aliphatic heterocycles. The van der Waals surface area contributed by atoms with E-state index in [0.29, 0.717) is 23.4 Å². The number of aromatic nitrogens is 4. The summed E-state index contributed by atoms with van der Waals surface area (Å²) in [5, 5.41) is 0. The predicted molar refractivity (Wildman–Crippen MR) is 84.0 cm³/mol. The normalized spacial score (nSPS) is 12.6. The molecule has 4 N–H and O–H groups in total. The highest BCUT2D eigenvalue weighted by molar-refractivity contribution is 5.83. The quantitative estimate of drug-likeness (QED) is 0.767. The summed E-state index contributed by atoms with van der Waals surface area (Å²) < 4.78 is 15.3. The lowest BCUT2D eigenvalue weighted by Crippen LogP contribution is -2.12. The van der Waals surface area contributed by atoms with Crippen LogP contribution in [0.25, 0.3) is 11.2 Å². The molecular formula is C15H17FN6. The molecule has 3 aromatic rings. The van der Waals surface area contributed by atoms with Crippen LogP contribution in [0.4, 0.5) is 16.2 Å². The Labute approximate surface area is 127 Å². The van der Waals surface area contributed by atoms with Gasteiger partial charge in [-0.3, -0.25) is 0 Å². The van der Waals surface area contributed by atoms with Crippen LogP contribution in [0.5, 0.6) is 0 Å². The summed E-state index contributed by atoms with van der Waals surface area (Å²) in [7, 11) is 0. The molecule has 0 aliphatic carbocycles. The number of alkyl halides is 1. The van der Waals surface area contributed by atoms with Gasteiger partial charge in [0.15, 0.2) is 17.0 Å². The van der Waals surface area contributed by atoms with Crippen molar-refractivity contribution in [2.75, 3.05) is 11.5 Å². The molecule has 7 heteroatoms. The maximum atomic E-state index is 13.6. The number of halogens is 1. The lowest BCUT2D eigenvalue weighted by molar-refractivity contribution is 0.320. The van der Waals surface area contributed by atoms with Gasteiger partial charge >= 0.3 is 0 Å². The van der Waals surface area contributed by atoms with Gasteiger partial charge in [-0.05, 0) is 12.5 Å². The third-order valence-electron chi connectivity index (χ3n) is 3.36. The Morgan fingerprint density at radius 2 is 1.86 bits per heavy atom. The molecule has 0 amide bonds. The molecule has 6 nitrogen and oxygen atoms in total. The summed E-state index contributed by atoms with van der Waals surface area (Å²) in [5.74, 6) is 0.961. The summed E-state index contributed by atoms with van der Waals surface area (Å²) in [5.41, 5.74) is 13.5. The van der Waals surface area contributed by atoms with E-state index in [1.807, 2.05) is 30.3 Å². The van der Waals surface area contributed by atoms with Crippen molar-refractivity contribution in [1.82, 2.24) is 19.5 Å². The molecule has 0 saturated heterocycles. The molecule has 0 radical (unpaired) electrons. The second kappa shape index (κ2) is 5.59. The van der Waals surface area contributed by atoms with E-state index in [-0.39, 0.29) is 18.3 Å². The van der Waals surface area contributed by atoms with E-state index < -0.39 is 6.17 Å². The highest BCUT2D eigenvalue weighted by Crippen LogP contribution is 2.22. The van der Waals surface area contributed by atoms with Crippen molar-refractivity contribution >= 4 is 22.9 Å². The Hall–Kier alpha value is -2.70. The number of nitrogens with zero attached hydrogens (tertiary/aromatic N) is 4. The molecule has 0 fully saturated rings. The van der Waals surface area contributed by atoms with Crippen molar-refractivity contribution < 1.29 is 4.39 Å². The van der Waals surface area contributed by atoms with Crippen molar-refractivity contribution in [3.05, 3.63) is 41.7 Å². The van der Waals surface area contributed by atoms with Crippen LogP contribution in [-0.2, 0) is 13.0 Å². The van der Waals surface area contributed by atoms with Gasteiger partial charge in [-0.15, -0.1) is 0 Å². The second-order valence-corrected chi connectivity index (χ2v) is 5.22. The van der Waals surface area contributed by atoms with E-state index in [4.69, 9.17) is 11.5 Å². The molecule has 114 valence electrons. The molecule has 1 atom stereocenters. The van der Waals surface area contributed by atoms with Crippen molar-refractivity contribution in [2.45, 2.75) is 26.1 Å². The average Bonchev–Trinajstić information content (AvgIpc) is 2.78. The average molecular weight is 300 g/mol. The smallest absolute Gasteiger partial charge is 0.224 e. The molecule has 0 aliphatic rings. The van der Waals surface area contributed by atoms with E-state index in [1.165, 1.54) is 6.92 Å². The highest BCUT2D eigenvalue weighted by atomic mass is 19.1. The summed E-state index contributed by atoms with van der Waals surface area (Å²) in [6.07, 6.45) is -0.479. The molecule has 1 unspecified atom stereocenters. The first-order valence-corrected chi connectivity index (χ1v) is 7.00. The summed E-state index contributed by atoms with van der Waals surface area (Å²) in [6.45, 7) is 1.64. The summed E-state index contributed by atoms with van der Waals surface area (Å²) >= 11 is 0. The number of hydrogen-bond acceptors (Lipinski definition) is 5. The van der Waals surface area contributed by atoms with Crippen LogP contribution in [0, 0.1) is 0 Å². The van der Waals surface area contributed by atoms with Crippen molar-refractivity contribution in [3.63, 3.8) is 0 Å². The fourth-order valence-electron chi connectivity index (χ4n) is 2.44. The van der Waals surface area contributed by atoms with Crippen molar-refractivity contribution in [2.24, 2.45) is 0 Å². The van der Waals surface area contributed by atoms with Crippen LogP contribution in [-0.4, -0.2) is 25.7 Å². The fourth-order valence-corrected chi connectivity index (χ4v) is 2.44. The molecule has 0 spiro atoms. The first-order valence-electron chi connectivity index (χ1n) is 7.00. The van der Waals surface area contributed by atoms with E-state index in [9.17, 15) is 4.39 Å². The molecule has 0 bridgehead atoms. The number of benzene rings is 1. The first kappa shape index (κ1) is 14.2. The Bertz CT molecular complexity index is 797. The van der Waals surface area contributed by atoms with Gasteiger partial charge in [0.25, 0.3) is 0 Å². The number of anilines is 2. The minimum Gasteiger partial charge on any atom is -0.382 e. The molecule has 1 aromatic carbocycles. The van der Waals surface area contributed by atoms with Crippen LogP contribution in [0.15, 0.2) is 30.3 Å². The van der Waals surface area contributed by atoms with E-state index >= 15 is 0 Å². The molecule has 3 rings (SSSR count). The van der Waals surface area contributed by atoms with Crippen LogP contribution in [0.1, 0.15) is 18.3 Å². The van der Waals surface area contributed by atoms with Gasteiger partial charge in [-0.2, -0.15) is 9.97 Å². The molecular weight excluding hydrogens is 283 g/mol. The zero-order chi connectivity index (χ0) is 15.7. The lowest BCUT2D eigenvalue weighted by atomic mass is 10.1. The number of nitrogen functional groups attached to an aromatic ring is 2. The van der Waals surface area contributed by atoms with Crippen molar-refractivity contribution in [1.29, 1.82) is 0 Å². The van der Waals surface area contributed by atoms with E-state index in [1.54, 1.807) is 4.57 Å². The standard InChI is InChI=1S/C15H17FN6/c1-9(16)8-22-11(7-10-5-3-2-4-6-10)19-12-13(17)20-15(18)21-14(12)22/h2-6,9H,7-8H2,1H3,(H4,17,18,20,21). The fraction of sp³-hybridized carbons (Fsp3) is 0.267. The summed E-state index contributed by atoms with van der Waals surface area (Å²) in [6, 6.07) is 9.83. The highest BCUT2D eigenvalue weighted by Gasteiger charge is 2.17. The van der Waals surface area contributed by atoms with Crippen LogP contribution < -0.4 is 11.5 Å². The van der Waals surface area contributed by atoms with Crippen LogP contribution >= 0.6 is 0 Å². The number of imidazole rings is 1. The molecule has 0 saturated carbocycles. The predicted octanol–water partition coefficient (Wildman–Crippen LogP) is 1.94.